The molecule has 0 aliphatic carbocycles. The molecule has 2 rings (SSSR count). The Hall–Kier alpha value is -1.27. The molecule has 5 nitrogen and oxygen atoms in total. The van der Waals surface area contributed by atoms with E-state index >= 15 is 0 Å². The van der Waals surface area contributed by atoms with Crippen molar-refractivity contribution < 1.29 is 14.7 Å². The van der Waals surface area contributed by atoms with Crippen molar-refractivity contribution in [2.45, 2.75) is 25.4 Å². The van der Waals surface area contributed by atoms with Crippen LogP contribution < -0.4 is 10.5 Å². The molecule has 1 unspecified atom stereocenters. The molecule has 1 aliphatic rings. The van der Waals surface area contributed by atoms with Crippen LogP contribution in [0.3, 0.4) is 0 Å². The number of hydrogen-bond acceptors (Lipinski definition) is 4. The molecular formula is C13H17BrN2O3. The molecule has 104 valence electrons. The third kappa shape index (κ3) is 3.61. The highest BCUT2D eigenvalue weighted by atomic mass is 79.9. The fourth-order valence-corrected chi connectivity index (χ4v) is 2.60. The van der Waals surface area contributed by atoms with Crippen LogP contribution in [0.1, 0.15) is 24.8 Å². The van der Waals surface area contributed by atoms with Gasteiger partial charge in [0.05, 0.1) is 11.7 Å². The number of rotatable bonds is 4. The maximum atomic E-state index is 8.82. The summed E-state index contributed by atoms with van der Waals surface area (Å²) < 4.78 is 12.1. The van der Waals surface area contributed by atoms with Gasteiger partial charge in [-0.1, -0.05) is 11.2 Å². The van der Waals surface area contributed by atoms with Crippen LogP contribution >= 0.6 is 15.9 Å². The number of halogens is 1. The van der Waals surface area contributed by atoms with Crippen LogP contribution in [0, 0.1) is 0 Å². The van der Waals surface area contributed by atoms with Crippen LogP contribution in [-0.2, 0) is 4.74 Å². The third-order valence-corrected chi connectivity index (χ3v) is 3.70. The summed E-state index contributed by atoms with van der Waals surface area (Å²) in [5.74, 6) is 0.603. The zero-order valence-electron chi connectivity index (χ0n) is 10.5. The van der Waals surface area contributed by atoms with Gasteiger partial charge >= 0.3 is 0 Å². The van der Waals surface area contributed by atoms with Gasteiger partial charge in [0.1, 0.15) is 12.4 Å². The number of benzene rings is 1. The van der Waals surface area contributed by atoms with Gasteiger partial charge < -0.3 is 20.4 Å². The first-order chi connectivity index (χ1) is 9.22. The first-order valence-electron chi connectivity index (χ1n) is 6.23. The number of oxime groups is 1. The van der Waals surface area contributed by atoms with Gasteiger partial charge in [0.15, 0.2) is 5.84 Å². The predicted molar refractivity (Wildman–Crippen MR) is 75.7 cm³/mol. The standard InChI is InChI=1S/C13H17BrN2O3/c14-10-5-3-6-11(12(10)13(15)16-17)19-8-9-4-1-2-7-18-9/h3,5-6,9,17H,1-2,4,7-8H2,(H2,15,16). The highest BCUT2D eigenvalue weighted by Gasteiger charge is 2.17. The van der Waals surface area contributed by atoms with Gasteiger partial charge in [-0.05, 0) is 47.3 Å². The maximum Gasteiger partial charge on any atom is 0.174 e. The Kier molecular flexibility index (Phi) is 5.04. The van der Waals surface area contributed by atoms with Crippen molar-refractivity contribution in [1.82, 2.24) is 0 Å². The van der Waals surface area contributed by atoms with Gasteiger partial charge in [0.25, 0.3) is 0 Å². The molecule has 1 aromatic rings. The summed E-state index contributed by atoms with van der Waals surface area (Å²) in [6.07, 6.45) is 3.41. The molecule has 1 aliphatic heterocycles. The van der Waals surface area contributed by atoms with Crippen LogP contribution in [0.5, 0.6) is 5.75 Å². The van der Waals surface area contributed by atoms with E-state index in [2.05, 4.69) is 21.1 Å². The maximum absolute atomic E-state index is 8.82. The molecule has 0 spiro atoms. The summed E-state index contributed by atoms with van der Waals surface area (Å²) in [6, 6.07) is 5.45. The first kappa shape index (κ1) is 14.1. The van der Waals surface area contributed by atoms with Crippen molar-refractivity contribution in [2.75, 3.05) is 13.2 Å². The third-order valence-electron chi connectivity index (χ3n) is 3.04. The minimum Gasteiger partial charge on any atom is -0.490 e. The van der Waals surface area contributed by atoms with E-state index in [1.807, 2.05) is 12.1 Å². The molecule has 0 bridgehead atoms. The Balaban J connectivity index is 2.09. The van der Waals surface area contributed by atoms with Crippen molar-refractivity contribution in [1.29, 1.82) is 0 Å². The second-order valence-corrected chi connectivity index (χ2v) is 5.25. The fourth-order valence-electron chi connectivity index (χ4n) is 2.04. The molecular weight excluding hydrogens is 312 g/mol. The van der Waals surface area contributed by atoms with Crippen molar-refractivity contribution in [3.63, 3.8) is 0 Å². The van der Waals surface area contributed by atoms with E-state index in [-0.39, 0.29) is 11.9 Å². The van der Waals surface area contributed by atoms with Gasteiger partial charge in [0, 0.05) is 11.1 Å². The molecule has 1 aromatic carbocycles. The first-order valence-corrected chi connectivity index (χ1v) is 7.02. The quantitative estimate of drug-likeness (QED) is 0.385. The normalized spacial score (nSPS) is 20.3. The molecule has 0 aromatic heterocycles. The Morgan fingerprint density at radius 2 is 2.37 bits per heavy atom. The van der Waals surface area contributed by atoms with E-state index < -0.39 is 0 Å². The van der Waals surface area contributed by atoms with Gasteiger partial charge in [0.2, 0.25) is 0 Å². The SMILES string of the molecule is N/C(=N/O)c1c(Br)cccc1OCC1CCCCO1. The van der Waals surface area contributed by atoms with E-state index in [4.69, 9.17) is 20.4 Å². The Labute approximate surface area is 120 Å². The van der Waals surface area contributed by atoms with Crippen molar-refractivity contribution in [3.05, 3.63) is 28.2 Å². The number of amidine groups is 1. The van der Waals surface area contributed by atoms with E-state index in [9.17, 15) is 0 Å². The average Bonchev–Trinajstić information content (AvgIpc) is 2.45. The van der Waals surface area contributed by atoms with Crippen LogP contribution in [-0.4, -0.2) is 30.4 Å². The number of nitrogens with two attached hydrogens (primary N) is 1. The molecule has 19 heavy (non-hydrogen) atoms. The van der Waals surface area contributed by atoms with Crippen LogP contribution in [0.2, 0.25) is 0 Å². The molecule has 0 radical (unpaired) electrons. The minimum absolute atomic E-state index is 0.0204. The molecule has 0 amide bonds. The Bertz CT molecular complexity index is 459. The number of ether oxygens (including phenoxy) is 2. The summed E-state index contributed by atoms with van der Waals surface area (Å²) in [5.41, 5.74) is 6.22. The lowest BCUT2D eigenvalue weighted by Crippen LogP contribution is -2.26. The summed E-state index contributed by atoms with van der Waals surface area (Å²) in [5, 5.41) is 11.8. The zero-order chi connectivity index (χ0) is 13.7. The number of hydrogen-bond donors (Lipinski definition) is 2. The lowest BCUT2D eigenvalue weighted by atomic mass is 10.1. The minimum atomic E-state index is 0.0204. The van der Waals surface area contributed by atoms with Crippen molar-refractivity contribution in [2.24, 2.45) is 10.9 Å². The average molecular weight is 329 g/mol. The fraction of sp³-hybridized carbons (Fsp3) is 0.462. The van der Waals surface area contributed by atoms with Gasteiger partial charge in [-0.3, -0.25) is 0 Å². The highest BCUT2D eigenvalue weighted by Crippen LogP contribution is 2.27. The second kappa shape index (κ2) is 6.77. The van der Waals surface area contributed by atoms with E-state index in [0.717, 1.165) is 23.9 Å². The van der Waals surface area contributed by atoms with E-state index in [1.54, 1.807) is 6.07 Å². The molecule has 1 fully saturated rings. The largest absolute Gasteiger partial charge is 0.490 e. The van der Waals surface area contributed by atoms with Crippen molar-refractivity contribution in [3.8, 4) is 5.75 Å². The predicted octanol–water partition coefficient (Wildman–Crippen LogP) is 2.49. The van der Waals surface area contributed by atoms with Crippen molar-refractivity contribution >= 4 is 21.8 Å². The monoisotopic (exact) mass is 328 g/mol. The number of nitrogens with zero attached hydrogens (tertiary/aromatic N) is 1. The highest BCUT2D eigenvalue weighted by molar-refractivity contribution is 9.10. The Morgan fingerprint density at radius 1 is 1.53 bits per heavy atom. The van der Waals surface area contributed by atoms with Crippen LogP contribution in [0.4, 0.5) is 0 Å². The molecule has 3 N–H and O–H groups in total. The smallest absolute Gasteiger partial charge is 0.174 e. The lowest BCUT2D eigenvalue weighted by Gasteiger charge is -2.23. The topological polar surface area (TPSA) is 77.1 Å². The van der Waals surface area contributed by atoms with Gasteiger partial charge in [-0.2, -0.15) is 0 Å². The summed E-state index contributed by atoms with van der Waals surface area (Å²) in [6.45, 7) is 1.27. The molecule has 1 saturated heterocycles. The molecule has 1 heterocycles. The van der Waals surface area contributed by atoms with Gasteiger partial charge in [-0.15, -0.1) is 0 Å². The molecule has 6 heteroatoms. The second-order valence-electron chi connectivity index (χ2n) is 4.40. The zero-order valence-corrected chi connectivity index (χ0v) is 12.1. The van der Waals surface area contributed by atoms with Gasteiger partial charge in [-0.25, -0.2) is 0 Å². The van der Waals surface area contributed by atoms with Crippen LogP contribution in [0.25, 0.3) is 0 Å². The molecule has 1 atom stereocenters. The van der Waals surface area contributed by atoms with E-state index in [1.165, 1.54) is 6.42 Å². The van der Waals surface area contributed by atoms with E-state index in [0.29, 0.717) is 17.9 Å². The summed E-state index contributed by atoms with van der Waals surface area (Å²) in [7, 11) is 0. The lowest BCUT2D eigenvalue weighted by molar-refractivity contribution is -0.0111. The summed E-state index contributed by atoms with van der Waals surface area (Å²) >= 11 is 3.37. The summed E-state index contributed by atoms with van der Waals surface area (Å²) in [4.78, 5) is 0. The Morgan fingerprint density at radius 3 is 3.05 bits per heavy atom. The van der Waals surface area contributed by atoms with Crippen LogP contribution in [0.15, 0.2) is 27.8 Å². The molecule has 0 saturated carbocycles.